The van der Waals surface area contributed by atoms with Crippen LogP contribution in [-0.2, 0) is 4.79 Å². The minimum atomic E-state index is -0.869. The van der Waals surface area contributed by atoms with Crippen LogP contribution in [-0.4, -0.2) is 11.1 Å². The van der Waals surface area contributed by atoms with Gasteiger partial charge in [0.1, 0.15) is 0 Å². The summed E-state index contributed by atoms with van der Waals surface area (Å²) in [5.74, 6) is -1.43. The molecule has 0 heterocycles. The summed E-state index contributed by atoms with van der Waals surface area (Å²) in [5, 5.41) is 9.68. The molecule has 76 valence electrons. The Labute approximate surface area is 92.5 Å². The summed E-state index contributed by atoms with van der Waals surface area (Å²) in [7, 11) is 0. The summed E-state index contributed by atoms with van der Waals surface area (Å²) in [6, 6.07) is 3.29. The Hall–Kier alpha value is -0.730. The lowest BCUT2D eigenvalue weighted by Gasteiger charge is -2.11. The zero-order valence-electron chi connectivity index (χ0n) is 7.84. The zero-order valence-corrected chi connectivity index (χ0v) is 9.36. The predicted molar refractivity (Wildman–Crippen MR) is 57.2 cm³/mol. The highest BCUT2D eigenvalue weighted by Gasteiger charge is 2.17. The van der Waals surface area contributed by atoms with Crippen LogP contribution in [0.25, 0.3) is 0 Å². The van der Waals surface area contributed by atoms with Crippen LogP contribution in [0.3, 0.4) is 0 Å². The van der Waals surface area contributed by atoms with E-state index >= 15 is 0 Å². The molecule has 0 amide bonds. The molecule has 0 fully saturated rings. The van der Waals surface area contributed by atoms with Crippen LogP contribution < -0.4 is 0 Å². The molecule has 1 aromatic carbocycles. The Morgan fingerprint density at radius 2 is 1.86 bits per heavy atom. The van der Waals surface area contributed by atoms with Gasteiger partial charge in [0.05, 0.1) is 16.0 Å². The molecule has 1 rings (SSSR count). The van der Waals surface area contributed by atoms with Crippen LogP contribution in [0.15, 0.2) is 12.1 Å². The number of rotatable bonds is 2. The standard InChI is InChI=1S/C10H10Cl2O2/c1-5-3-8(11)9(12)4-7(5)6(2)10(13)14/h3-4,6H,1-2H3,(H,13,14). The monoisotopic (exact) mass is 232 g/mol. The van der Waals surface area contributed by atoms with Crippen molar-refractivity contribution in [3.05, 3.63) is 33.3 Å². The van der Waals surface area contributed by atoms with Crippen LogP contribution in [0.2, 0.25) is 10.0 Å². The topological polar surface area (TPSA) is 37.3 Å². The molecule has 4 heteroatoms. The first kappa shape index (κ1) is 11.3. The third kappa shape index (κ3) is 2.20. The maximum atomic E-state index is 10.8. The van der Waals surface area contributed by atoms with Crippen molar-refractivity contribution in [2.45, 2.75) is 19.8 Å². The number of hydrogen-bond acceptors (Lipinski definition) is 1. The van der Waals surface area contributed by atoms with Crippen LogP contribution >= 0.6 is 23.2 Å². The fourth-order valence-electron chi connectivity index (χ4n) is 1.26. The highest BCUT2D eigenvalue weighted by molar-refractivity contribution is 6.42. The number of carbonyl (C=O) groups is 1. The fraction of sp³-hybridized carbons (Fsp3) is 0.300. The second kappa shape index (κ2) is 4.20. The van der Waals surface area contributed by atoms with Crippen LogP contribution in [0, 0.1) is 6.92 Å². The molecule has 0 aliphatic heterocycles. The normalized spacial score (nSPS) is 12.6. The number of aryl methyl sites for hydroxylation is 1. The molecular weight excluding hydrogens is 223 g/mol. The highest BCUT2D eigenvalue weighted by Crippen LogP contribution is 2.29. The Balaban J connectivity index is 3.22. The van der Waals surface area contributed by atoms with Crippen molar-refractivity contribution in [1.29, 1.82) is 0 Å². The lowest BCUT2D eigenvalue weighted by molar-refractivity contribution is -0.138. The van der Waals surface area contributed by atoms with Gasteiger partial charge in [0, 0.05) is 0 Å². The molecule has 1 unspecified atom stereocenters. The molecule has 0 aliphatic carbocycles. The van der Waals surface area contributed by atoms with Gasteiger partial charge in [0.15, 0.2) is 0 Å². The van der Waals surface area contributed by atoms with E-state index in [4.69, 9.17) is 28.3 Å². The van der Waals surface area contributed by atoms with Gasteiger partial charge in [-0.3, -0.25) is 4.79 Å². The molecule has 0 bridgehead atoms. The van der Waals surface area contributed by atoms with Crippen molar-refractivity contribution in [3.63, 3.8) is 0 Å². The van der Waals surface area contributed by atoms with Gasteiger partial charge in [0.25, 0.3) is 0 Å². The van der Waals surface area contributed by atoms with E-state index < -0.39 is 11.9 Å². The summed E-state index contributed by atoms with van der Waals surface area (Å²) in [6.45, 7) is 3.44. The molecule has 0 saturated carbocycles. The van der Waals surface area contributed by atoms with Crippen molar-refractivity contribution < 1.29 is 9.90 Å². The molecule has 1 atom stereocenters. The molecule has 2 nitrogen and oxygen atoms in total. The summed E-state index contributed by atoms with van der Waals surface area (Å²) in [6.07, 6.45) is 0. The Morgan fingerprint density at radius 3 is 2.36 bits per heavy atom. The molecule has 14 heavy (non-hydrogen) atoms. The third-order valence-electron chi connectivity index (χ3n) is 2.15. The van der Waals surface area contributed by atoms with Crippen molar-refractivity contribution in [1.82, 2.24) is 0 Å². The van der Waals surface area contributed by atoms with Gasteiger partial charge < -0.3 is 5.11 Å². The predicted octanol–water partition coefficient (Wildman–Crippen LogP) is 3.49. The van der Waals surface area contributed by atoms with Gasteiger partial charge in [0.2, 0.25) is 0 Å². The van der Waals surface area contributed by atoms with E-state index in [-0.39, 0.29) is 0 Å². The summed E-state index contributed by atoms with van der Waals surface area (Å²) in [4.78, 5) is 10.8. The van der Waals surface area contributed by atoms with Gasteiger partial charge in [-0.05, 0) is 37.1 Å². The van der Waals surface area contributed by atoms with E-state index in [9.17, 15) is 4.79 Å². The van der Waals surface area contributed by atoms with Gasteiger partial charge in [-0.25, -0.2) is 0 Å². The van der Waals surface area contributed by atoms with Crippen LogP contribution in [0.4, 0.5) is 0 Å². The number of carboxylic acid groups (broad SMARTS) is 1. The summed E-state index contributed by atoms with van der Waals surface area (Å²) >= 11 is 11.6. The second-order valence-corrected chi connectivity index (χ2v) is 4.00. The largest absolute Gasteiger partial charge is 0.481 e. The minimum absolute atomic E-state index is 0.389. The Kier molecular flexibility index (Phi) is 3.40. The number of benzene rings is 1. The fourth-order valence-corrected chi connectivity index (χ4v) is 1.65. The lowest BCUT2D eigenvalue weighted by Crippen LogP contribution is -2.08. The summed E-state index contributed by atoms with van der Waals surface area (Å²) < 4.78 is 0. The van der Waals surface area contributed by atoms with E-state index in [1.54, 1.807) is 19.1 Å². The smallest absolute Gasteiger partial charge is 0.310 e. The third-order valence-corrected chi connectivity index (χ3v) is 2.87. The lowest BCUT2D eigenvalue weighted by atomic mass is 9.97. The SMILES string of the molecule is Cc1cc(Cl)c(Cl)cc1C(C)C(=O)O. The minimum Gasteiger partial charge on any atom is -0.481 e. The number of aliphatic carboxylic acids is 1. The molecule has 0 spiro atoms. The molecular formula is C10H10Cl2O2. The van der Waals surface area contributed by atoms with Gasteiger partial charge >= 0.3 is 5.97 Å². The highest BCUT2D eigenvalue weighted by atomic mass is 35.5. The van der Waals surface area contributed by atoms with E-state index in [0.29, 0.717) is 15.6 Å². The molecule has 1 N–H and O–H groups in total. The van der Waals surface area contributed by atoms with Gasteiger partial charge in [-0.1, -0.05) is 23.2 Å². The maximum absolute atomic E-state index is 10.8. The van der Waals surface area contributed by atoms with Crippen molar-refractivity contribution in [3.8, 4) is 0 Å². The van der Waals surface area contributed by atoms with E-state index in [1.165, 1.54) is 0 Å². The van der Waals surface area contributed by atoms with Gasteiger partial charge in [-0.2, -0.15) is 0 Å². The van der Waals surface area contributed by atoms with Crippen molar-refractivity contribution >= 4 is 29.2 Å². The van der Waals surface area contributed by atoms with Gasteiger partial charge in [-0.15, -0.1) is 0 Å². The first-order valence-corrected chi connectivity index (χ1v) is 4.87. The Morgan fingerprint density at radius 1 is 1.36 bits per heavy atom. The molecule has 0 aliphatic rings. The first-order chi connectivity index (χ1) is 6.43. The van der Waals surface area contributed by atoms with Crippen LogP contribution in [0.5, 0.6) is 0 Å². The zero-order chi connectivity index (χ0) is 10.9. The number of halogens is 2. The first-order valence-electron chi connectivity index (χ1n) is 4.12. The molecule has 1 aromatic rings. The van der Waals surface area contributed by atoms with Crippen molar-refractivity contribution in [2.75, 3.05) is 0 Å². The summed E-state index contributed by atoms with van der Waals surface area (Å²) in [5.41, 5.74) is 1.54. The quantitative estimate of drug-likeness (QED) is 0.848. The van der Waals surface area contributed by atoms with E-state index in [1.807, 2.05) is 6.92 Å². The van der Waals surface area contributed by atoms with E-state index in [2.05, 4.69) is 0 Å². The Bertz CT molecular complexity index is 375. The maximum Gasteiger partial charge on any atom is 0.310 e. The van der Waals surface area contributed by atoms with Crippen molar-refractivity contribution in [2.24, 2.45) is 0 Å². The molecule has 0 radical (unpaired) electrons. The van der Waals surface area contributed by atoms with Crippen LogP contribution in [0.1, 0.15) is 24.0 Å². The second-order valence-electron chi connectivity index (χ2n) is 3.18. The average molecular weight is 233 g/mol. The number of carboxylic acids is 1. The number of hydrogen-bond donors (Lipinski definition) is 1. The molecule has 0 saturated heterocycles. The molecule has 0 aromatic heterocycles. The average Bonchev–Trinajstić information content (AvgIpc) is 2.10. The van der Waals surface area contributed by atoms with E-state index in [0.717, 1.165) is 5.56 Å².